The summed E-state index contributed by atoms with van der Waals surface area (Å²) in [7, 11) is 0. The van der Waals surface area contributed by atoms with E-state index in [4.69, 9.17) is 10.2 Å². The van der Waals surface area contributed by atoms with Crippen LogP contribution in [0.2, 0.25) is 0 Å². The van der Waals surface area contributed by atoms with Crippen LogP contribution in [0.5, 0.6) is 0 Å². The first-order valence-electron chi connectivity index (χ1n) is 5.27. The highest BCUT2D eigenvalue weighted by atomic mass is 127. The van der Waals surface area contributed by atoms with Crippen LogP contribution < -0.4 is 5.73 Å². The van der Waals surface area contributed by atoms with Crippen LogP contribution in [0.1, 0.15) is 16.1 Å². The SMILES string of the molecule is CSC(=O)c1c(-c2c(N)cccc2I)coc1C. The molecule has 0 fully saturated rings. The Kier molecular flexibility index (Phi) is 4.01. The molecule has 18 heavy (non-hydrogen) atoms. The standard InChI is InChI=1S/C13H12INO2S/c1-7-11(13(16)18-2)8(6-17-7)12-9(14)4-3-5-10(12)15/h3-6H,15H2,1-2H3. The van der Waals surface area contributed by atoms with E-state index in [1.807, 2.05) is 18.2 Å². The Balaban J connectivity index is 2.69. The van der Waals surface area contributed by atoms with Crippen LogP contribution in [0.25, 0.3) is 11.1 Å². The minimum absolute atomic E-state index is 0.00435. The fourth-order valence-corrected chi connectivity index (χ4v) is 3.09. The average Bonchev–Trinajstić information content (AvgIpc) is 2.70. The summed E-state index contributed by atoms with van der Waals surface area (Å²) in [4.78, 5) is 12.0. The number of hydrogen-bond acceptors (Lipinski definition) is 4. The van der Waals surface area contributed by atoms with Crippen molar-refractivity contribution in [2.45, 2.75) is 6.92 Å². The van der Waals surface area contributed by atoms with Crippen LogP contribution in [0, 0.1) is 10.5 Å². The second-order valence-electron chi connectivity index (χ2n) is 3.78. The van der Waals surface area contributed by atoms with E-state index in [0.29, 0.717) is 17.0 Å². The number of thioether (sulfide) groups is 1. The Morgan fingerprint density at radius 2 is 2.17 bits per heavy atom. The molecule has 2 N–H and O–H groups in total. The van der Waals surface area contributed by atoms with Gasteiger partial charge in [-0.05, 0) is 47.9 Å². The fraction of sp³-hybridized carbons (Fsp3) is 0.154. The smallest absolute Gasteiger partial charge is 0.223 e. The Morgan fingerprint density at radius 3 is 2.78 bits per heavy atom. The number of benzene rings is 1. The maximum Gasteiger partial charge on any atom is 0.223 e. The van der Waals surface area contributed by atoms with Crippen LogP contribution in [-0.2, 0) is 0 Å². The lowest BCUT2D eigenvalue weighted by Gasteiger charge is -2.08. The summed E-state index contributed by atoms with van der Waals surface area (Å²) in [5.74, 6) is 0.628. The van der Waals surface area contributed by atoms with Crippen molar-refractivity contribution >= 4 is 45.2 Å². The van der Waals surface area contributed by atoms with Gasteiger partial charge in [-0.3, -0.25) is 4.79 Å². The maximum atomic E-state index is 12.0. The highest BCUT2D eigenvalue weighted by Crippen LogP contribution is 2.36. The van der Waals surface area contributed by atoms with Gasteiger partial charge in [0.1, 0.15) is 5.76 Å². The van der Waals surface area contributed by atoms with Crippen LogP contribution in [0.4, 0.5) is 5.69 Å². The minimum Gasteiger partial charge on any atom is -0.468 e. The first kappa shape index (κ1) is 13.5. The van der Waals surface area contributed by atoms with Crippen molar-refractivity contribution in [3.63, 3.8) is 0 Å². The van der Waals surface area contributed by atoms with Gasteiger partial charge in [-0.1, -0.05) is 17.8 Å². The predicted octanol–water partition coefficient (Wildman–Crippen LogP) is 3.95. The van der Waals surface area contributed by atoms with Gasteiger partial charge in [-0.25, -0.2) is 0 Å². The van der Waals surface area contributed by atoms with Gasteiger partial charge < -0.3 is 10.2 Å². The van der Waals surface area contributed by atoms with E-state index in [2.05, 4.69) is 22.6 Å². The molecule has 5 heteroatoms. The third-order valence-electron chi connectivity index (χ3n) is 2.68. The molecule has 1 aromatic carbocycles. The molecule has 94 valence electrons. The molecule has 0 unspecified atom stereocenters. The van der Waals surface area contributed by atoms with Gasteiger partial charge in [0, 0.05) is 20.4 Å². The Bertz CT molecular complexity index is 587. The van der Waals surface area contributed by atoms with Crippen LogP contribution in [-0.4, -0.2) is 11.4 Å². The largest absolute Gasteiger partial charge is 0.468 e. The predicted molar refractivity (Wildman–Crippen MR) is 83.9 cm³/mol. The number of nitrogens with two attached hydrogens (primary N) is 1. The van der Waals surface area contributed by atoms with Crippen molar-refractivity contribution in [2.75, 3.05) is 12.0 Å². The second kappa shape index (κ2) is 5.36. The molecule has 0 aliphatic heterocycles. The van der Waals surface area contributed by atoms with Crippen molar-refractivity contribution in [1.29, 1.82) is 0 Å². The first-order valence-corrected chi connectivity index (χ1v) is 7.57. The lowest BCUT2D eigenvalue weighted by molar-refractivity contribution is 0.108. The molecule has 0 spiro atoms. The Labute approximate surface area is 123 Å². The average molecular weight is 373 g/mol. The summed E-state index contributed by atoms with van der Waals surface area (Å²) >= 11 is 3.39. The first-order chi connectivity index (χ1) is 8.56. The van der Waals surface area contributed by atoms with E-state index in [1.54, 1.807) is 19.4 Å². The van der Waals surface area contributed by atoms with Crippen LogP contribution in [0.3, 0.4) is 0 Å². The van der Waals surface area contributed by atoms with Crippen LogP contribution in [0.15, 0.2) is 28.9 Å². The monoisotopic (exact) mass is 373 g/mol. The van der Waals surface area contributed by atoms with Crippen LogP contribution >= 0.6 is 34.4 Å². The normalized spacial score (nSPS) is 10.6. The number of rotatable bonds is 2. The zero-order valence-corrected chi connectivity index (χ0v) is 13.0. The van der Waals surface area contributed by atoms with Crippen molar-refractivity contribution in [2.24, 2.45) is 0 Å². The molecule has 0 aliphatic rings. The Hall–Kier alpha value is -0.950. The molecular formula is C13H12INO2S. The van der Waals surface area contributed by atoms with Crippen molar-refractivity contribution in [3.8, 4) is 11.1 Å². The molecule has 0 saturated heterocycles. The molecule has 2 rings (SSSR count). The lowest BCUT2D eigenvalue weighted by Crippen LogP contribution is -1.99. The molecular weight excluding hydrogens is 361 g/mol. The van der Waals surface area contributed by atoms with Crippen molar-refractivity contribution < 1.29 is 9.21 Å². The van der Waals surface area contributed by atoms with E-state index in [1.165, 1.54) is 11.8 Å². The van der Waals surface area contributed by atoms with E-state index in [0.717, 1.165) is 14.7 Å². The number of hydrogen-bond donors (Lipinski definition) is 1. The summed E-state index contributed by atoms with van der Waals surface area (Å²) in [6.45, 7) is 1.79. The van der Waals surface area contributed by atoms with Gasteiger partial charge >= 0.3 is 0 Å². The van der Waals surface area contributed by atoms with Crippen molar-refractivity contribution in [3.05, 3.63) is 39.4 Å². The molecule has 3 nitrogen and oxygen atoms in total. The summed E-state index contributed by atoms with van der Waals surface area (Å²) in [5, 5.41) is -0.00435. The van der Waals surface area contributed by atoms with Gasteiger partial charge in [0.05, 0.1) is 11.8 Å². The second-order valence-corrected chi connectivity index (χ2v) is 5.72. The number of aryl methyl sites for hydroxylation is 1. The summed E-state index contributed by atoms with van der Waals surface area (Å²) in [6.07, 6.45) is 3.37. The van der Waals surface area contributed by atoms with Crippen molar-refractivity contribution in [1.82, 2.24) is 0 Å². The van der Waals surface area contributed by atoms with E-state index in [9.17, 15) is 4.79 Å². The van der Waals surface area contributed by atoms with Gasteiger partial charge in [0.2, 0.25) is 5.12 Å². The van der Waals surface area contributed by atoms with Gasteiger partial charge in [0.15, 0.2) is 0 Å². The molecule has 1 heterocycles. The highest BCUT2D eigenvalue weighted by Gasteiger charge is 2.21. The molecule has 0 atom stereocenters. The zero-order chi connectivity index (χ0) is 13.3. The third-order valence-corrected chi connectivity index (χ3v) is 4.15. The van der Waals surface area contributed by atoms with Gasteiger partial charge in [-0.2, -0.15) is 0 Å². The van der Waals surface area contributed by atoms with E-state index < -0.39 is 0 Å². The molecule has 0 saturated carbocycles. The fourth-order valence-electron chi connectivity index (χ4n) is 1.82. The zero-order valence-electron chi connectivity index (χ0n) is 9.99. The molecule has 0 amide bonds. The quantitative estimate of drug-likeness (QED) is 0.640. The molecule has 0 bridgehead atoms. The number of furan rings is 1. The Morgan fingerprint density at radius 1 is 1.44 bits per heavy atom. The number of anilines is 1. The summed E-state index contributed by atoms with van der Waals surface area (Å²) < 4.78 is 6.39. The summed E-state index contributed by atoms with van der Waals surface area (Å²) in [6, 6.07) is 5.68. The molecule has 0 radical (unpaired) electrons. The summed E-state index contributed by atoms with van der Waals surface area (Å²) in [5.41, 5.74) is 8.91. The lowest BCUT2D eigenvalue weighted by atomic mass is 10.0. The van der Waals surface area contributed by atoms with Gasteiger partial charge in [0.25, 0.3) is 0 Å². The number of carbonyl (C=O) groups is 1. The molecule has 1 aromatic heterocycles. The maximum absolute atomic E-state index is 12.0. The third kappa shape index (κ3) is 2.29. The molecule has 2 aromatic rings. The molecule has 0 aliphatic carbocycles. The number of carbonyl (C=O) groups excluding carboxylic acids is 1. The number of nitrogen functional groups attached to an aromatic ring is 1. The van der Waals surface area contributed by atoms with E-state index >= 15 is 0 Å². The number of halogens is 1. The minimum atomic E-state index is -0.00435. The van der Waals surface area contributed by atoms with Gasteiger partial charge in [-0.15, -0.1) is 0 Å². The van der Waals surface area contributed by atoms with E-state index in [-0.39, 0.29) is 5.12 Å². The topological polar surface area (TPSA) is 56.2 Å². The highest BCUT2D eigenvalue weighted by molar-refractivity contribution is 14.1.